The molecule has 154 valence electrons. The van der Waals surface area contributed by atoms with Gasteiger partial charge >= 0.3 is 11.9 Å². The molecule has 2 rings (SSSR count). The Morgan fingerprint density at radius 3 is 2.28 bits per heavy atom. The van der Waals surface area contributed by atoms with E-state index in [2.05, 4.69) is 14.8 Å². The van der Waals surface area contributed by atoms with E-state index in [4.69, 9.17) is 9.15 Å². The first kappa shape index (κ1) is 21.5. The number of anilines is 1. The molecule has 2 aromatic rings. The Balaban J connectivity index is 1.97. The molecule has 2 amide bonds. The molecular formula is C19H20N2O8. The Kier molecular flexibility index (Phi) is 7.78. The summed E-state index contributed by atoms with van der Waals surface area (Å²) >= 11 is 0. The van der Waals surface area contributed by atoms with Crippen molar-refractivity contribution in [2.45, 2.75) is 0 Å². The SMILES string of the molecule is COC(=O)CN(CC(=O)OC)C(=O)COc1cccc(NC(=O)c2ccco2)c1. The van der Waals surface area contributed by atoms with Gasteiger partial charge in [-0.3, -0.25) is 19.2 Å². The van der Waals surface area contributed by atoms with Crippen molar-refractivity contribution in [1.82, 2.24) is 4.90 Å². The standard InChI is InChI=1S/C19H20N2O8/c1-26-17(23)10-21(11-18(24)27-2)16(22)12-29-14-6-3-5-13(9-14)20-19(25)15-7-4-8-28-15/h3-9H,10-12H2,1-2H3,(H,20,25). The minimum atomic E-state index is -0.690. The fraction of sp³-hybridized carbons (Fsp3) is 0.263. The number of benzene rings is 1. The molecule has 0 fully saturated rings. The lowest BCUT2D eigenvalue weighted by atomic mass is 10.3. The second-order valence-corrected chi connectivity index (χ2v) is 5.65. The third-order valence-corrected chi connectivity index (χ3v) is 3.65. The summed E-state index contributed by atoms with van der Waals surface area (Å²) in [6.07, 6.45) is 1.38. The highest BCUT2D eigenvalue weighted by Gasteiger charge is 2.21. The van der Waals surface area contributed by atoms with Crippen molar-refractivity contribution in [1.29, 1.82) is 0 Å². The number of methoxy groups -OCH3 is 2. The molecule has 0 atom stereocenters. The lowest BCUT2D eigenvalue weighted by molar-refractivity contribution is -0.152. The number of ether oxygens (including phenoxy) is 3. The molecular weight excluding hydrogens is 384 g/mol. The van der Waals surface area contributed by atoms with Crippen LogP contribution in [0.1, 0.15) is 10.6 Å². The van der Waals surface area contributed by atoms with Crippen LogP contribution in [-0.4, -0.2) is 62.6 Å². The molecule has 10 heteroatoms. The average Bonchev–Trinajstić information content (AvgIpc) is 3.26. The van der Waals surface area contributed by atoms with Crippen LogP contribution in [0.4, 0.5) is 5.69 Å². The van der Waals surface area contributed by atoms with E-state index in [9.17, 15) is 19.2 Å². The third-order valence-electron chi connectivity index (χ3n) is 3.65. The summed E-state index contributed by atoms with van der Waals surface area (Å²) in [5, 5.41) is 2.63. The van der Waals surface area contributed by atoms with E-state index in [1.807, 2.05) is 0 Å². The van der Waals surface area contributed by atoms with Crippen molar-refractivity contribution < 1.29 is 37.8 Å². The molecule has 1 aromatic carbocycles. The maximum absolute atomic E-state index is 12.3. The van der Waals surface area contributed by atoms with Crippen molar-refractivity contribution in [3.63, 3.8) is 0 Å². The van der Waals surface area contributed by atoms with Gasteiger partial charge in [-0.25, -0.2) is 0 Å². The van der Waals surface area contributed by atoms with E-state index in [0.717, 1.165) is 4.90 Å². The predicted molar refractivity (Wildman–Crippen MR) is 99.2 cm³/mol. The van der Waals surface area contributed by atoms with Crippen molar-refractivity contribution in [2.75, 3.05) is 39.2 Å². The van der Waals surface area contributed by atoms with Gasteiger partial charge in [0.2, 0.25) is 0 Å². The van der Waals surface area contributed by atoms with Gasteiger partial charge in [-0.05, 0) is 24.3 Å². The molecule has 0 saturated heterocycles. The lowest BCUT2D eigenvalue weighted by Gasteiger charge is -2.20. The largest absolute Gasteiger partial charge is 0.484 e. The number of rotatable bonds is 9. The van der Waals surface area contributed by atoms with E-state index in [0.29, 0.717) is 11.4 Å². The fourth-order valence-corrected chi connectivity index (χ4v) is 2.17. The van der Waals surface area contributed by atoms with Gasteiger partial charge in [0.05, 0.1) is 20.5 Å². The van der Waals surface area contributed by atoms with Crippen LogP contribution in [0.2, 0.25) is 0 Å². The molecule has 29 heavy (non-hydrogen) atoms. The molecule has 0 aliphatic carbocycles. The van der Waals surface area contributed by atoms with Crippen LogP contribution in [0.3, 0.4) is 0 Å². The van der Waals surface area contributed by atoms with Gasteiger partial charge in [-0.2, -0.15) is 0 Å². The molecule has 0 radical (unpaired) electrons. The summed E-state index contributed by atoms with van der Waals surface area (Å²) in [5.41, 5.74) is 0.428. The van der Waals surface area contributed by atoms with Gasteiger partial charge in [-0.1, -0.05) is 6.07 Å². The van der Waals surface area contributed by atoms with Crippen molar-refractivity contribution in [3.8, 4) is 5.75 Å². The maximum Gasteiger partial charge on any atom is 0.325 e. The number of hydrogen-bond acceptors (Lipinski definition) is 8. The quantitative estimate of drug-likeness (QED) is 0.616. The molecule has 10 nitrogen and oxygen atoms in total. The zero-order valence-corrected chi connectivity index (χ0v) is 15.9. The second kappa shape index (κ2) is 10.5. The number of carbonyl (C=O) groups is 4. The van der Waals surface area contributed by atoms with Crippen LogP contribution in [-0.2, 0) is 23.9 Å². The summed E-state index contributed by atoms with van der Waals surface area (Å²) in [6, 6.07) is 9.47. The van der Waals surface area contributed by atoms with E-state index in [-0.39, 0.29) is 5.76 Å². The van der Waals surface area contributed by atoms with Crippen LogP contribution < -0.4 is 10.1 Å². The van der Waals surface area contributed by atoms with Gasteiger partial charge in [-0.15, -0.1) is 0 Å². The summed E-state index contributed by atoms with van der Waals surface area (Å²) in [4.78, 5) is 48.2. The van der Waals surface area contributed by atoms with Gasteiger partial charge in [0, 0.05) is 11.8 Å². The van der Waals surface area contributed by atoms with Crippen LogP contribution in [0.25, 0.3) is 0 Å². The van der Waals surface area contributed by atoms with Gasteiger partial charge in [0.1, 0.15) is 18.8 Å². The summed E-state index contributed by atoms with van der Waals surface area (Å²) in [7, 11) is 2.34. The molecule has 1 N–H and O–H groups in total. The number of amides is 2. The van der Waals surface area contributed by atoms with Crippen molar-refractivity contribution in [3.05, 3.63) is 48.4 Å². The average molecular weight is 404 g/mol. The Morgan fingerprint density at radius 2 is 1.69 bits per heavy atom. The Labute approximate surface area is 166 Å². The number of carbonyl (C=O) groups excluding carboxylic acids is 4. The molecule has 0 unspecified atom stereocenters. The van der Waals surface area contributed by atoms with E-state index < -0.39 is 43.4 Å². The Hall–Kier alpha value is -3.82. The van der Waals surface area contributed by atoms with E-state index in [1.165, 1.54) is 32.6 Å². The summed E-state index contributed by atoms with van der Waals surface area (Å²) in [6.45, 7) is -1.29. The highest BCUT2D eigenvalue weighted by Crippen LogP contribution is 2.18. The molecule has 0 bridgehead atoms. The van der Waals surface area contributed by atoms with E-state index >= 15 is 0 Å². The maximum atomic E-state index is 12.3. The zero-order valence-electron chi connectivity index (χ0n) is 15.9. The van der Waals surface area contributed by atoms with Gasteiger partial charge in [0.25, 0.3) is 11.8 Å². The minimum Gasteiger partial charge on any atom is -0.484 e. The van der Waals surface area contributed by atoms with Crippen molar-refractivity contribution in [2.24, 2.45) is 0 Å². The molecule has 1 aromatic heterocycles. The first-order chi connectivity index (χ1) is 13.9. The third kappa shape index (κ3) is 6.69. The number of nitrogens with zero attached hydrogens (tertiary/aromatic N) is 1. The monoisotopic (exact) mass is 404 g/mol. The predicted octanol–water partition coefficient (Wildman–Crippen LogP) is 1.09. The Bertz CT molecular complexity index is 845. The number of esters is 2. The second-order valence-electron chi connectivity index (χ2n) is 5.65. The van der Waals surface area contributed by atoms with Gasteiger partial charge in [0.15, 0.2) is 12.4 Å². The highest BCUT2D eigenvalue weighted by atomic mass is 16.5. The van der Waals surface area contributed by atoms with Crippen LogP contribution in [0.5, 0.6) is 5.75 Å². The number of hydrogen-bond donors (Lipinski definition) is 1. The molecule has 0 spiro atoms. The normalized spacial score (nSPS) is 10.0. The van der Waals surface area contributed by atoms with Crippen LogP contribution in [0, 0.1) is 0 Å². The molecule has 0 aliphatic rings. The van der Waals surface area contributed by atoms with E-state index in [1.54, 1.807) is 24.3 Å². The lowest BCUT2D eigenvalue weighted by Crippen LogP contribution is -2.42. The molecule has 1 heterocycles. The van der Waals surface area contributed by atoms with Crippen molar-refractivity contribution >= 4 is 29.4 Å². The summed E-state index contributed by atoms with van der Waals surface area (Å²) in [5.74, 6) is -1.99. The van der Waals surface area contributed by atoms with Gasteiger partial charge < -0.3 is 28.8 Å². The fourth-order valence-electron chi connectivity index (χ4n) is 2.17. The number of nitrogens with one attached hydrogen (secondary N) is 1. The highest BCUT2D eigenvalue weighted by molar-refractivity contribution is 6.02. The first-order valence-electron chi connectivity index (χ1n) is 8.42. The van der Waals surface area contributed by atoms with Crippen LogP contribution >= 0.6 is 0 Å². The minimum absolute atomic E-state index is 0.146. The first-order valence-corrected chi connectivity index (χ1v) is 8.42. The smallest absolute Gasteiger partial charge is 0.325 e. The van der Waals surface area contributed by atoms with Crippen LogP contribution in [0.15, 0.2) is 47.1 Å². The Morgan fingerprint density at radius 1 is 1.00 bits per heavy atom. The molecule has 0 saturated carbocycles. The topological polar surface area (TPSA) is 124 Å². The number of furan rings is 1. The molecule has 0 aliphatic heterocycles. The zero-order chi connectivity index (χ0) is 21.2. The summed E-state index contributed by atoms with van der Waals surface area (Å²) < 4.78 is 19.5.